The van der Waals surface area contributed by atoms with Crippen molar-refractivity contribution in [2.75, 3.05) is 16.4 Å². The molecule has 0 atom stereocenters. The van der Waals surface area contributed by atoms with Crippen molar-refractivity contribution in [1.29, 1.82) is 0 Å². The van der Waals surface area contributed by atoms with Crippen LogP contribution in [0.25, 0.3) is 65.8 Å². The molecule has 0 fully saturated rings. The molecule has 0 bridgehead atoms. The second-order valence-electron chi connectivity index (χ2n) is 24.8. The lowest BCUT2D eigenvalue weighted by atomic mass is 10.1. The molecule has 4 N–H and O–H groups in total. The summed E-state index contributed by atoms with van der Waals surface area (Å²) in [5, 5.41) is 20.1. The van der Waals surface area contributed by atoms with Crippen molar-refractivity contribution in [1.82, 2.24) is 0 Å². The fraction of sp³-hybridized carbons (Fsp3) is 0.167. The standard InChI is InChI=1S/C42H40N2O2Si2.C18H24Br2Si2.C12H9NO/c1-47(2,31-23-19-29(20-24-31)43-37-15-9-13-35-33-11-5-7-17-39(33)45-41(35)37)27-28-48(3,4)32-25-21-30(22-26-32)44-38-16-10-14-36-34-12-6-8-18-40(34)46-42(36)38;1-21(2,17-9-5-15(19)6-10-17)13-14-22(3,4)18-11-7-16(20)8-12-18;13-10-6-3-5-9-8-4-1-2-7-11(8)14-12(9)10/h5-26,43-44H,27-28H2,1-4H3;5-12H,13-14H2,1-4H3;1-7H,13H2. The Morgan fingerprint density at radius 1 is 0.310 bits per heavy atom. The van der Waals surface area contributed by atoms with Gasteiger partial charge in [0.25, 0.3) is 0 Å². The van der Waals surface area contributed by atoms with Crippen molar-refractivity contribution in [2.45, 2.75) is 76.6 Å². The van der Waals surface area contributed by atoms with E-state index >= 15 is 0 Å². The summed E-state index contributed by atoms with van der Waals surface area (Å²) >= 11 is 7.08. The molecule has 0 unspecified atom stereocenters. The lowest BCUT2D eigenvalue weighted by Gasteiger charge is -2.30. The minimum Gasteiger partial charge on any atom is -0.454 e. The van der Waals surface area contributed by atoms with E-state index in [2.05, 4.69) is 253 Å². The zero-order chi connectivity index (χ0) is 58.8. The Morgan fingerprint density at radius 2 is 0.583 bits per heavy atom. The van der Waals surface area contributed by atoms with Crippen LogP contribution in [0.15, 0.2) is 247 Å². The topological polar surface area (TPSA) is 89.5 Å². The number of fused-ring (bicyclic) bond motifs is 9. The van der Waals surface area contributed by atoms with Gasteiger partial charge in [-0.05, 0) is 84.9 Å². The summed E-state index contributed by atoms with van der Waals surface area (Å²) in [6.45, 7) is 20.1. The van der Waals surface area contributed by atoms with Gasteiger partial charge >= 0.3 is 0 Å². The van der Waals surface area contributed by atoms with Crippen LogP contribution in [0.4, 0.5) is 28.4 Å². The third kappa shape index (κ3) is 12.9. The summed E-state index contributed by atoms with van der Waals surface area (Å²) in [5.74, 6) is 0. The van der Waals surface area contributed by atoms with Gasteiger partial charge in [-0.15, -0.1) is 0 Å². The molecule has 0 radical (unpaired) electrons. The Morgan fingerprint density at radius 3 is 0.929 bits per heavy atom. The van der Waals surface area contributed by atoms with E-state index in [4.69, 9.17) is 19.0 Å². The number of nitrogens with one attached hydrogen (secondary N) is 2. The van der Waals surface area contributed by atoms with Gasteiger partial charge in [-0.3, -0.25) is 0 Å². The zero-order valence-corrected chi connectivity index (χ0v) is 56.4. The van der Waals surface area contributed by atoms with Crippen molar-refractivity contribution in [3.63, 3.8) is 0 Å². The summed E-state index contributed by atoms with van der Waals surface area (Å²) in [5.41, 5.74) is 16.0. The number of halogens is 2. The molecule has 3 heterocycles. The third-order valence-corrected chi connectivity index (χ3v) is 32.8. The number of rotatable bonds is 14. The molecule has 6 nitrogen and oxygen atoms in total. The van der Waals surface area contributed by atoms with E-state index in [-0.39, 0.29) is 0 Å². The number of para-hydroxylation sites is 6. The van der Waals surface area contributed by atoms with Crippen LogP contribution in [0.1, 0.15) is 0 Å². The van der Waals surface area contributed by atoms with Crippen molar-refractivity contribution >= 4 is 179 Å². The molecule has 0 aliphatic rings. The number of furan rings is 3. The molecule has 0 aliphatic carbocycles. The first-order valence-corrected chi connectivity index (χ1v) is 43.5. The molecule has 0 saturated heterocycles. The van der Waals surface area contributed by atoms with Crippen LogP contribution in [0.5, 0.6) is 0 Å². The Labute approximate surface area is 514 Å². The summed E-state index contributed by atoms with van der Waals surface area (Å²) < 4.78 is 20.5. The second kappa shape index (κ2) is 24.4. The molecule has 13 aromatic rings. The van der Waals surface area contributed by atoms with Gasteiger partial charge in [-0.1, -0.05) is 269 Å². The van der Waals surface area contributed by atoms with Gasteiger partial charge in [-0.2, -0.15) is 0 Å². The van der Waals surface area contributed by atoms with Crippen LogP contribution in [-0.2, 0) is 0 Å². The highest BCUT2D eigenvalue weighted by Crippen LogP contribution is 2.37. The van der Waals surface area contributed by atoms with E-state index in [1.807, 2.05) is 66.7 Å². The van der Waals surface area contributed by atoms with Crippen LogP contribution >= 0.6 is 31.9 Å². The first kappa shape index (κ1) is 58.6. The highest BCUT2D eigenvalue weighted by molar-refractivity contribution is 9.10. The number of hydrogen-bond donors (Lipinski definition) is 3. The summed E-state index contributed by atoms with van der Waals surface area (Å²) in [7, 11) is -5.98. The molecule has 13 rings (SSSR count). The van der Waals surface area contributed by atoms with E-state index in [9.17, 15) is 0 Å². The maximum atomic E-state index is 6.23. The molecule has 0 spiro atoms. The van der Waals surface area contributed by atoms with Gasteiger partial charge < -0.3 is 29.6 Å². The fourth-order valence-corrected chi connectivity index (χ4v) is 27.4. The van der Waals surface area contributed by atoms with Crippen molar-refractivity contribution in [3.8, 4) is 0 Å². The minimum absolute atomic E-state index is 0.693. The van der Waals surface area contributed by atoms with Gasteiger partial charge in [0.1, 0.15) is 16.7 Å². The van der Waals surface area contributed by atoms with Crippen LogP contribution in [-0.4, -0.2) is 32.3 Å². The average Bonchev–Trinajstić information content (AvgIpc) is 4.23. The minimum atomic E-state index is -1.64. The first-order valence-electron chi connectivity index (χ1n) is 29.1. The zero-order valence-electron chi connectivity index (χ0n) is 49.2. The number of nitrogens with two attached hydrogens (primary N) is 1. The first-order chi connectivity index (χ1) is 40.3. The molecular weight excluding hydrogens is 1230 g/mol. The molecule has 84 heavy (non-hydrogen) atoms. The predicted octanol–water partition coefficient (Wildman–Crippen LogP) is 20.4. The van der Waals surface area contributed by atoms with E-state index in [0.717, 1.165) is 88.6 Å². The molecule has 10 aromatic carbocycles. The van der Waals surface area contributed by atoms with Crippen LogP contribution in [0.2, 0.25) is 76.6 Å². The van der Waals surface area contributed by atoms with Crippen molar-refractivity contribution < 1.29 is 13.3 Å². The Bertz CT molecular complexity index is 4190. The van der Waals surface area contributed by atoms with Crippen molar-refractivity contribution in [3.05, 3.63) is 233 Å². The van der Waals surface area contributed by atoms with Crippen molar-refractivity contribution in [2.24, 2.45) is 0 Å². The second-order valence-corrected chi connectivity index (χ2v) is 46.0. The Kier molecular flexibility index (Phi) is 17.0. The van der Waals surface area contributed by atoms with E-state index < -0.39 is 32.3 Å². The number of anilines is 5. The van der Waals surface area contributed by atoms with Crippen LogP contribution in [0.3, 0.4) is 0 Å². The number of benzene rings is 10. The van der Waals surface area contributed by atoms with E-state index in [0.29, 0.717) is 5.69 Å². The normalized spacial score (nSPS) is 12.2. The molecular formula is C72H73Br2N3O3Si4. The number of hydrogen-bond acceptors (Lipinski definition) is 6. The molecule has 0 amide bonds. The fourth-order valence-electron chi connectivity index (χ4n) is 11.4. The molecule has 0 saturated carbocycles. The average molecular weight is 1300 g/mol. The Hall–Kier alpha value is -7.17. The number of nitrogen functional groups attached to an aromatic ring is 1. The summed E-state index contributed by atoms with van der Waals surface area (Å²) in [6, 6.07) is 84.4. The lowest BCUT2D eigenvalue weighted by Crippen LogP contribution is -2.47. The lowest BCUT2D eigenvalue weighted by molar-refractivity contribution is 0.670. The van der Waals surface area contributed by atoms with Gasteiger partial charge in [-0.25, -0.2) is 0 Å². The third-order valence-electron chi connectivity index (χ3n) is 17.1. The van der Waals surface area contributed by atoms with E-state index in [1.165, 1.54) is 43.5 Å². The Balaban J connectivity index is 0.000000167. The van der Waals surface area contributed by atoms with Gasteiger partial charge in [0.15, 0.2) is 16.7 Å². The van der Waals surface area contributed by atoms with E-state index in [1.54, 1.807) is 10.4 Å². The van der Waals surface area contributed by atoms with Crippen LogP contribution < -0.4 is 37.1 Å². The molecule has 3 aromatic heterocycles. The van der Waals surface area contributed by atoms with Crippen LogP contribution in [0, 0.1) is 0 Å². The maximum absolute atomic E-state index is 6.23. The largest absolute Gasteiger partial charge is 0.454 e. The van der Waals surface area contributed by atoms with Gasteiger partial charge in [0, 0.05) is 52.6 Å². The van der Waals surface area contributed by atoms with Gasteiger partial charge in [0.05, 0.1) is 49.4 Å². The SMILES string of the molecule is C[Si](C)(CC[Si](C)(C)c1ccc(Br)cc1)c1ccc(Br)cc1.C[Si](C)(CC[Si](C)(C)c1ccc(Nc2cccc3c2oc2ccccc23)cc1)c1ccc(Nc2cccc3c2oc2ccccc23)cc1.Nc1cccc2c1oc1ccccc12. The molecule has 12 heteroatoms. The maximum Gasteiger partial charge on any atom is 0.158 e. The quantitative estimate of drug-likeness (QED) is 0.0743. The van der Waals surface area contributed by atoms with Gasteiger partial charge in [0.2, 0.25) is 0 Å². The smallest absolute Gasteiger partial charge is 0.158 e. The summed E-state index contributed by atoms with van der Waals surface area (Å²) in [6.07, 6.45) is 0. The monoisotopic (exact) mass is 1300 g/mol. The predicted molar refractivity (Wildman–Crippen MR) is 381 cm³/mol. The molecule has 0 aliphatic heterocycles. The molecule has 424 valence electrons. The highest BCUT2D eigenvalue weighted by atomic mass is 79.9. The summed E-state index contributed by atoms with van der Waals surface area (Å²) in [4.78, 5) is 0. The highest BCUT2D eigenvalue weighted by Gasteiger charge is 2.32.